The highest BCUT2D eigenvalue weighted by atomic mass is 16.5. The van der Waals surface area contributed by atoms with Crippen LogP contribution < -0.4 is 10.5 Å². The third-order valence-electron chi connectivity index (χ3n) is 9.10. The maximum atomic E-state index is 11.0. The van der Waals surface area contributed by atoms with E-state index in [9.17, 15) is 10.2 Å². The molecule has 0 aromatic heterocycles. The maximum absolute atomic E-state index is 11.0. The van der Waals surface area contributed by atoms with Crippen molar-refractivity contribution in [3.05, 3.63) is 59.2 Å². The van der Waals surface area contributed by atoms with Crippen LogP contribution in [-0.2, 0) is 15.9 Å². The monoisotopic (exact) mass is 569 g/mol. The molecule has 6 unspecified atom stereocenters. The van der Waals surface area contributed by atoms with Crippen LogP contribution in [0.15, 0.2) is 42.5 Å². The minimum atomic E-state index is -0.226. The molecule has 0 amide bonds. The first-order chi connectivity index (χ1) is 19.9. The van der Waals surface area contributed by atoms with Crippen LogP contribution in [0.4, 0.5) is 0 Å². The lowest BCUT2D eigenvalue weighted by atomic mass is 9.51. The average Bonchev–Trinajstić information content (AvgIpc) is 3.29. The Bertz CT molecular complexity index is 1030. The lowest BCUT2D eigenvalue weighted by Gasteiger charge is -2.54. The van der Waals surface area contributed by atoms with Gasteiger partial charge in [-0.05, 0) is 102 Å². The number of benzene rings is 2. The van der Waals surface area contributed by atoms with Crippen LogP contribution in [0.25, 0.3) is 0 Å². The zero-order valence-electron chi connectivity index (χ0n) is 26.1. The minimum absolute atomic E-state index is 0.0410. The first-order valence-corrected chi connectivity index (χ1v) is 16.0. The number of hydrogen-bond acceptors (Lipinski definition) is 6. The number of hydrogen-bond donors (Lipinski definition) is 3. The molecule has 2 saturated carbocycles. The van der Waals surface area contributed by atoms with Gasteiger partial charge in [0.05, 0.1) is 32.5 Å². The number of nitrogens with two attached hydrogens (primary N) is 1. The highest BCUT2D eigenvalue weighted by Crippen LogP contribution is 2.65. The van der Waals surface area contributed by atoms with Crippen LogP contribution in [-0.4, -0.2) is 55.9 Å². The molecule has 5 rings (SSSR count). The standard InChI is InChI=1S/C30H41NO5.C3H8.C2H6/c1-30-19-26(20-2-6-23(7-3-20)36-17-16-35-15-14-34-13-12-31)29-24-9-5-22(32)18-21(24)4-8-25(29)27(30)10-11-28(30)33;1-3-2;1-2/h2-3,5-7,9,18,25-29,32-33H,4,8,10-17,19,31H2,1H3;3H2,1-2H3;1-2H3. The summed E-state index contributed by atoms with van der Waals surface area (Å²) in [5.41, 5.74) is 9.35. The Hall–Kier alpha value is -2.12. The zero-order chi connectivity index (χ0) is 29.8. The lowest BCUT2D eigenvalue weighted by Crippen LogP contribution is -2.47. The summed E-state index contributed by atoms with van der Waals surface area (Å²) >= 11 is 0. The SMILES string of the molecule is CC.CC12CC(c3ccc(OCCOCCOCCN)cc3)C3c4ccc(O)cc4CCC3C1CCC2O.CCC. The molecule has 4 N–H and O–H groups in total. The first-order valence-electron chi connectivity index (χ1n) is 16.0. The van der Waals surface area contributed by atoms with Crippen molar-refractivity contribution in [3.8, 4) is 11.5 Å². The summed E-state index contributed by atoms with van der Waals surface area (Å²) in [7, 11) is 0. The van der Waals surface area contributed by atoms with Gasteiger partial charge in [-0.25, -0.2) is 0 Å². The summed E-state index contributed by atoms with van der Waals surface area (Å²) in [6.07, 6.45) is 6.17. The summed E-state index contributed by atoms with van der Waals surface area (Å²) in [4.78, 5) is 0. The molecule has 6 nitrogen and oxygen atoms in total. The Morgan fingerprint density at radius 3 is 2.24 bits per heavy atom. The molecule has 2 aromatic carbocycles. The summed E-state index contributed by atoms with van der Waals surface area (Å²) in [5, 5.41) is 21.1. The van der Waals surface area contributed by atoms with Crippen molar-refractivity contribution in [2.24, 2.45) is 23.0 Å². The third kappa shape index (κ3) is 8.04. The first kappa shape index (κ1) is 33.4. The Kier molecular flexibility index (Phi) is 13.4. The van der Waals surface area contributed by atoms with E-state index >= 15 is 0 Å². The number of aromatic hydroxyl groups is 1. The Morgan fingerprint density at radius 1 is 0.902 bits per heavy atom. The zero-order valence-corrected chi connectivity index (χ0v) is 26.1. The number of phenolic OH excluding ortho intramolecular Hbond substituents is 1. The summed E-state index contributed by atoms with van der Waals surface area (Å²) in [6.45, 7) is 13.8. The van der Waals surface area contributed by atoms with E-state index < -0.39 is 0 Å². The third-order valence-corrected chi connectivity index (χ3v) is 9.10. The number of aliphatic hydroxyl groups is 1. The number of ether oxygens (including phenoxy) is 3. The predicted octanol–water partition coefficient (Wildman–Crippen LogP) is 6.82. The largest absolute Gasteiger partial charge is 0.508 e. The van der Waals surface area contributed by atoms with Gasteiger partial charge in [-0.3, -0.25) is 0 Å². The van der Waals surface area contributed by atoms with E-state index in [-0.39, 0.29) is 11.5 Å². The number of aliphatic hydroxyl groups excluding tert-OH is 1. The number of rotatable bonds is 10. The van der Waals surface area contributed by atoms with Gasteiger partial charge in [0.1, 0.15) is 18.1 Å². The van der Waals surface area contributed by atoms with Crippen molar-refractivity contribution in [2.45, 2.75) is 91.1 Å². The Morgan fingerprint density at radius 2 is 1.56 bits per heavy atom. The highest BCUT2D eigenvalue weighted by molar-refractivity contribution is 5.43. The number of phenols is 1. The molecule has 0 heterocycles. The van der Waals surface area contributed by atoms with Crippen LogP contribution in [0.5, 0.6) is 11.5 Å². The van der Waals surface area contributed by atoms with E-state index in [2.05, 4.69) is 51.1 Å². The lowest BCUT2D eigenvalue weighted by molar-refractivity contribution is -0.0323. The van der Waals surface area contributed by atoms with E-state index in [1.54, 1.807) is 0 Å². The van der Waals surface area contributed by atoms with Gasteiger partial charge in [0.15, 0.2) is 0 Å². The molecule has 0 saturated heterocycles. The fourth-order valence-corrected chi connectivity index (χ4v) is 7.43. The Labute approximate surface area is 248 Å². The fourth-order valence-electron chi connectivity index (χ4n) is 7.43. The molecule has 2 aromatic rings. The van der Waals surface area contributed by atoms with Gasteiger partial charge in [0.2, 0.25) is 0 Å². The molecule has 0 aliphatic heterocycles. The average molecular weight is 570 g/mol. The molecule has 0 bridgehead atoms. The molecule has 230 valence electrons. The van der Waals surface area contributed by atoms with Crippen molar-refractivity contribution >= 4 is 0 Å². The van der Waals surface area contributed by atoms with Crippen LogP contribution >= 0.6 is 0 Å². The molecule has 6 atom stereocenters. The van der Waals surface area contributed by atoms with Gasteiger partial charge in [0.25, 0.3) is 0 Å². The van der Waals surface area contributed by atoms with Gasteiger partial charge >= 0.3 is 0 Å². The number of fused-ring (bicyclic) bond motifs is 5. The normalized spacial score (nSPS) is 27.7. The van der Waals surface area contributed by atoms with Gasteiger partial charge in [-0.15, -0.1) is 0 Å². The molecule has 41 heavy (non-hydrogen) atoms. The van der Waals surface area contributed by atoms with E-state index in [0.29, 0.717) is 69.0 Å². The molecule has 3 aliphatic carbocycles. The molecule has 0 radical (unpaired) electrons. The number of aryl methyl sites for hydroxylation is 1. The van der Waals surface area contributed by atoms with E-state index in [0.717, 1.165) is 37.9 Å². The van der Waals surface area contributed by atoms with Crippen LogP contribution in [0.1, 0.15) is 95.2 Å². The Balaban J connectivity index is 0.000000868. The van der Waals surface area contributed by atoms with Crippen molar-refractivity contribution in [1.29, 1.82) is 0 Å². The second-order valence-corrected chi connectivity index (χ2v) is 11.8. The van der Waals surface area contributed by atoms with Crippen molar-refractivity contribution in [2.75, 3.05) is 39.6 Å². The fraction of sp³-hybridized carbons (Fsp3) is 0.657. The van der Waals surface area contributed by atoms with Crippen molar-refractivity contribution < 1.29 is 24.4 Å². The maximum Gasteiger partial charge on any atom is 0.119 e. The molecule has 2 fully saturated rings. The molecule has 0 spiro atoms. The topological polar surface area (TPSA) is 94.2 Å². The molecular formula is C35H55NO5. The van der Waals surface area contributed by atoms with Crippen molar-refractivity contribution in [3.63, 3.8) is 0 Å². The quantitative estimate of drug-likeness (QED) is 0.272. The second-order valence-electron chi connectivity index (χ2n) is 11.8. The van der Waals surface area contributed by atoms with Crippen LogP contribution in [0, 0.1) is 17.3 Å². The van der Waals surface area contributed by atoms with E-state index in [1.807, 2.05) is 26.0 Å². The van der Waals surface area contributed by atoms with Gasteiger partial charge in [-0.1, -0.05) is 59.2 Å². The minimum Gasteiger partial charge on any atom is -0.508 e. The highest BCUT2D eigenvalue weighted by Gasteiger charge is 2.57. The smallest absolute Gasteiger partial charge is 0.119 e. The van der Waals surface area contributed by atoms with Gasteiger partial charge < -0.3 is 30.2 Å². The second kappa shape index (κ2) is 16.5. The van der Waals surface area contributed by atoms with Gasteiger partial charge in [-0.2, -0.15) is 0 Å². The van der Waals surface area contributed by atoms with Gasteiger partial charge in [0, 0.05) is 6.54 Å². The summed E-state index contributed by atoms with van der Waals surface area (Å²) in [5.74, 6) is 3.06. The van der Waals surface area contributed by atoms with E-state index in [4.69, 9.17) is 19.9 Å². The molecule has 3 aliphatic rings. The van der Waals surface area contributed by atoms with Crippen molar-refractivity contribution in [1.82, 2.24) is 0 Å². The van der Waals surface area contributed by atoms with Crippen LogP contribution in [0.3, 0.4) is 0 Å². The van der Waals surface area contributed by atoms with Crippen LogP contribution in [0.2, 0.25) is 0 Å². The molecule has 6 heteroatoms. The predicted molar refractivity (Wildman–Crippen MR) is 167 cm³/mol. The molecular weight excluding hydrogens is 514 g/mol. The summed E-state index contributed by atoms with van der Waals surface area (Å²) < 4.78 is 16.8. The van der Waals surface area contributed by atoms with E-state index in [1.165, 1.54) is 23.1 Å². The summed E-state index contributed by atoms with van der Waals surface area (Å²) in [6, 6.07) is 14.5.